The van der Waals surface area contributed by atoms with Crippen LogP contribution >= 0.6 is 19.4 Å². The minimum Gasteiger partial charge on any atom is -0.375 e. The van der Waals surface area contributed by atoms with Crippen LogP contribution < -0.4 is 10.4 Å². The molecule has 1 unspecified atom stereocenters. The summed E-state index contributed by atoms with van der Waals surface area (Å²) in [6.07, 6.45) is 0. The van der Waals surface area contributed by atoms with E-state index in [1.165, 1.54) is 0 Å². The normalized spacial score (nSPS) is 11.4. The largest absolute Gasteiger partial charge is 0.559 e. The number of hydrogen-bond acceptors (Lipinski definition) is 4. The maximum Gasteiger partial charge on any atom is 0.559 e. The molecule has 1 heterocycles. The lowest BCUT2D eigenvalue weighted by atomic mass is 10.2. The monoisotopic (exact) mass is 239 g/mol. The van der Waals surface area contributed by atoms with E-state index in [2.05, 4.69) is 4.98 Å². The lowest BCUT2D eigenvalue weighted by Gasteiger charge is -1.92. The van der Waals surface area contributed by atoms with Crippen LogP contribution in [0.25, 0.3) is 11.3 Å². The van der Waals surface area contributed by atoms with Crippen molar-refractivity contribution in [1.82, 2.24) is 4.98 Å². The van der Waals surface area contributed by atoms with E-state index >= 15 is 0 Å². The maximum absolute atomic E-state index is 11.1. The number of rotatable bonds is 2. The predicted molar refractivity (Wildman–Crippen MR) is 61.4 cm³/mol. The molecule has 4 nitrogen and oxygen atoms in total. The number of nitrogens with two attached hydrogens (primary N) is 1. The van der Waals surface area contributed by atoms with Crippen molar-refractivity contribution in [3.63, 3.8) is 0 Å². The van der Waals surface area contributed by atoms with Crippen LogP contribution in [-0.2, 0) is 4.57 Å². The van der Waals surface area contributed by atoms with Gasteiger partial charge in [-0.25, -0.2) is 4.98 Å². The van der Waals surface area contributed by atoms with Crippen molar-refractivity contribution in [3.05, 3.63) is 30.3 Å². The molecule has 0 radical (unpaired) electrons. The summed E-state index contributed by atoms with van der Waals surface area (Å²) in [5.74, 6) is 0. The van der Waals surface area contributed by atoms with Crippen molar-refractivity contribution in [1.29, 1.82) is 0 Å². The van der Waals surface area contributed by atoms with E-state index in [9.17, 15) is 4.57 Å². The van der Waals surface area contributed by atoms with Gasteiger partial charge in [0.25, 0.3) is 0 Å². The standard InChI is InChI=1S/C9H7N2O2PS/c10-9-11-7(8(15-9)14(12)13)6-4-2-1-3-5-6/h1-5H,(H2-,10,11,12,13)/p+1. The number of thiazole rings is 1. The Morgan fingerprint density at radius 1 is 1.33 bits per heavy atom. The van der Waals surface area contributed by atoms with Gasteiger partial charge in [-0.05, 0) is 15.9 Å². The van der Waals surface area contributed by atoms with E-state index in [1.807, 2.05) is 30.3 Å². The van der Waals surface area contributed by atoms with Crippen molar-refractivity contribution in [2.24, 2.45) is 0 Å². The fourth-order valence-corrected chi connectivity index (χ4v) is 2.79. The molecular weight excluding hydrogens is 231 g/mol. The van der Waals surface area contributed by atoms with E-state index in [0.29, 0.717) is 15.4 Å². The zero-order chi connectivity index (χ0) is 10.8. The summed E-state index contributed by atoms with van der Waals surface area (Å²) in [4.78, 5) is 13.2. The molecule has 6 heteroatoms. The first-order chi connectivity index (χ1) is 7.18. The van der Waals surface area contributed by atoms with E-state index in [0.717, 1.165) is 16.9 Å². The third-order valence-electron chi connectivity index (χ3n) is 1.85. The van der Waals surface area contributed by atoms with Gasteiger partial charge in [0.15, 0.2) is 5.13 Å². The summed E-state index contributed by atoms with van der Waals surface area (Å²) in [5, 5.41) is 0.307. The Balaban J connectivity index is 2.58. The second kappa shape index (κ2) is 4.06. The molecule has 2 rings (SSSR count). The molecule has 1 aromatic carbocycles. The van der Waals surface area contributed by atoms with Crippen LogP contribution in [0.3, 0.4) is 0 Å². The van der Waals surface area contributed by atoms with Crippen LogP contribution in [0, 0.1) is 0 Å². The topological polar surface area (TPSA) is 76.2 Å². The second-order valence-electron chi connectivity index (χ2n) is 2.84. The molecule has 0 saturated carbocycles. The molecule has 2 aromatic rings. The van der Waals surface area contributed by atoms with Crippen LogP contribution in [0.15, 0.2) is 30.3 Å². The number of nitrogen functional groups attached to an aromatic ring is 1. The third kappa shape index (κ3) is 2.04. The molecular formula is C9H8N2O2PS+. The summed E-state index contributed by atoms with van der Waals surface area (Å²) in [6, 6.07) is 9.23. The molecule has 76 valence electrons. The van der Waals surface area contributed by atoms with E-state index < -0.39 is 8.03 Å². The zero-order valence-corrected chi connectivity index (χ0v) is 9.33. The van der Waals surface area contributed by atoms with Gasteiger partial charge in [0.1, 0.15) is 5.69 Å². The van der Waals surface area contributed by atoms with Gasteiger partial charge in [-0.2, -0.15) is 4.89 Å². The summed E-state index contributed by atoms with van der Waals surface area (Å²) >= 11 is 1.05. The molecule has 0 spiro atoms. The van der Waals surface area contributed by atoms with Crippen molar-refractivity contribution in [2.75, 3.05) is 5.73 Å². The maximum atomic E-state index is 11.1. The minimum atomic E-state index is -2.39. The Bertz CT molecular complexity index is 498. The van der Waals surface area contributed by atoms with Gasteiger partial charge in [-0.15, -0.1) is 0 Å². The molecule has 15 heavy (non-hydrogen) atoms. The fourth-order valence-electron chi connectivity index (χ4n) is 1.24. The highest BCUT2D eigenvalue weighted by molar-refractivity contribution is 7.57. The van der Waals surface area contributed by atoms with Crippen LogP contribution in [0.5, 0.6) is 0 Å². The first-order valence-corrected chi connectivity index (χ1v) is 6.19. The highest BCUT2D eigenvalue weighted by Crippen LogP contribution is 2.29. The van der Waals surface area contributed by atoms with Gasteiger partial charge in [0.2, 0.25) is 0 Å². The van der Waals surface area contributed by atoms with Gasteiger partial charge < -0.3 is 5.73 Å². The SMILES string of the molecule is Nc1nc(-c2ccccc2)c([P+](=O)O)s1. The fraction of sp³-hybridized carbons (Fsp3) is 0. The quantitative estimate of drug-likeness (QED) is 0.783. The number of anilines is 1. The molecule has 0 aliphatic carbocycles. The summed E-state index contributed by atoms with van der Waals surface area (Å²) in [6.45, 7) is 0. The second-order valence-corrected chi connectivity index (χ2v) is 5.17. The minimum absolute atomic E-state index is 0.307. The Morgan fingerprint density at radius 2 is 2.00 bits per heavy atom. The van der Waals surface area contributed by atoms with Gasteiger partial charge >= 0.3 is 12.6 Å². The highest BCUT2D eigenvalue weighted by atomic mass is 32.1. The Hall–Kier alpha value is -1.29. The molecule has 1 atom stereocenters. The van der Waals surface area contributed by atoms with Crippen LogP contribution in [0.2, 0.25) is 0 Å². The molecule has 0 saturated heterocycles. The molecule has 0 bridgehead atoms. The molecule has 0 aliphatic heterocycles. The van der Waals surface area contributed by atoms with Gasteiger partial charge in [0, 0.05) is 5.56 Å². The summed E-state index contributed by atoms with van der Waals surface area (Å²) < 4.78 is 11.4. The number of benzene rings is 1. The average molecular weight is 239 g/mol. The third-order valence-corrected chi connectivity index (χ3v) is 3.84. The average Bonchev–Trinajstić information content (AvgIpc) is 2.62. The smallest absolute Gasteiger partial charge is 0.375 e. The van der Waals surface area contributed by atoms with Crippen LogP contribution in [0.4, 0.5) is 5.13 Å². The van der Waals surface area contributed by atoms with Gasteiger partial charge in [-0.1, -0.05) is 30.3 Å². The predicted octanol–water partition coefficient (Wildman–Crippen LogP) is 1.75. The molecule has 1 aromatic heterocycles. The molecule has 0 fully saturated rings. The van der Waals surface area contributed by atoms with E-state index in [4.69, 9.17) is 10.6 Å². The lowest BCUT2D eigenvalue weighted by Crippen LogP contribution is -1.94. The lowest BCUT2D eigenvalue weighted by molar-refractivity contribution is 0.514. The first kappa shape index (κ1) is 10.2. The van der Waals surface area contributed by atoms with Gasteiger partial charge in [0.05, 0.1) is 0 Å². The van der Waals surface area contributed by atoms with Crippen LogP contribution in [0.1, 0.15) is 0 Å². The highest BCUT2D eigenvalue weighted by Gasteiger charge is 2.27. The Morgan fingerprint density at radius 3 is 2.60 bits per heavy atom. The Labute approximate surface area is 91.3 Å². The summed E-state index contributed by atoms with van der Waals surface area (Å²) in [7, 11) is -2.39. The van der Waals surface area contributed by atoms with E-state index in [1.54, 1.807) is 0 Å². The van der Waals surface area contributed by atoms with Crippen LogP contribution in [-0.4, -0.2) is 9.88 Å². The molecule has 0 aliphatic rings. The first-order valence-electron chi connectivity index (χ1n) is 4.16. The van der Waals surface area contributed by atoms with Gasteiger partial charge in [-0.3, -0.25) is 0 Å². The molecule has 3 N–H and O–H groups in total. The van der Waals surface area contributed by atoms with E-state index in [-0.39, 0.29) is 0 Å². The van der Waals surface area contributed by atoms with Crippen molar-refractivity contribution < 1.29 is 9.46 Å². The zero-order valence-electron chi connectivity index (χ0n) is 7.62. The van der Waals surface area contributed by atoms with Crippen molar-refractivity contribution in [2.45, 2.75) is 0 Å². The number of aromatic nitrogens is 1. The number of hydrogen-bond donors (Lipinski definition) is 2. The van der Waals surface area contributed by atoms with Crippen molar-refractivity contribution in [3.8, 4) is 11.3 Å². The van der Waals surface area contributed by atoms with Crippen molar-refractivity contribution >= 4 is 29.1 Å². The Kier molecular flexibility index (Phi) is 2.77. The summed E-state index contributed by atoms with van der Waals surface area (Å²) in [5.41, 5.74) is 6.83. The number of nitrogens with zero attached hydrogens (tertiary/aromatic N) is 1. The molecule has 0 amide bonds.